The molecule has 2 aromatic carbocycles. The van der Waals surface area contributed by atoms with Crippen molar-refractivity contribution >= 4 is 46.4 Å². The fraction of sp³-hybridized carbons (Fsp3) is 0.188. The van der Waals surface area contributed by atoms with Gasteiger partial charge in [0, 0.05) is 18.7 Å². The van der Waals surface area contributed by atoms with Gasteiger partial charge in [0.05, 0.1) is 32.4 Å². The molecule has 136 valence electrons. The molecule has 0 radical (unpaired) electrons. The van der Waals surface area contributed by atoms with Gasteiger partial charge in [0.2, 0.25) is 0 Å². The molecule has 0 aliphatic rings. The number of nitrogens with zero attached hydrogens (tertiary/aromatic N) is 4. The largest absolute Gasteiger partial charge is 0.490 e. The van der Waals surface area contributed by atoms with Crippen LogP contribution in [0, 0.1) is 0 Å². The van der Waals surface area contributed by atoms with E-state index in [1.807, 2.05) is 0 Å². The highest BCUT2D eigenvalue weighted by atomic mass is 35.5. The van der Waals surface area contributed by atoms with Gasteiger partial charge in [-0.1, -0.05) is 46.4 Å². The Hall–Kier alpha value is -1.57. The highest BCUT2D eigenvalue weighted by molar-refractivity contribution is 6.42. The molecule has 0 atom stereocenters. The van der Waals surface area contributed by atoms with E-state index in [9.17, 15) is 0 Å². The van der Waals surface area contributed by atoms with Gasteiger partial charge in [-0.2, -0.15) is 4.68 Å². The van der Waals surface area contributed by atoms with E-state index in [2.05, 4.69) is 15.5 Å². The smallest absolute Gasteiger partial charge is 0.187 e. The lowest BCUT2D eigenvalue weighted by Crippen LogP contribution is -2.06. The van der Waals surface area contributed by atoms with E-state index < -0.39 is 0 Å². The Kier molecular flexibility index (Phi) is 6.21. The molecule has 0 aliphatic heterocycles. The average molecular weight is 434 g/mol. The van der Waals surface area contributed by atoms with Crippen LogP contribution in [0.3, 0.4) is 0 Å². The molecule has 10 heteroatoms. The molecule has 0 aliphatic carbocycles. The second kappa shape index (κ2) is 8.41. The van der Waals surface area contributed by atoms with Gasteiger partial charge in [-0.05, 0) is 34.7 Å². The van der Waals surface area contributed by atoms with Crippen LogP contribution in [0.4, 0.5) is 0 Å². The Balaban J connectivity index is 2.03. The van der Waals surface area contributed by atoms with Crippen molar-refractivity contribution in [1.82, 2.24) is 20.2 Å². The van der Waals surface area contributed by atoms with Crippen molar-refractivity contribution in [3.63, 3.8) is 0 Å². The van der Waals surface area contributed by atoms with Crippen LogP contribution in [-0.4, -0.2) is 40.5 Å². The van der Waals surface area contributed by atoms with E-state index in [1.54, 1.807) is 37.4 Å². The van der Waals surface area contributed by atoms with Crippen LogP contribution in [0.2, 0.25) is 20.1 Å². The number of hydrogen-bond acceptors (Lipinski definition) is 5. The van der Waals surface area contributed by atoms with E-state index in [0.717, 1.165) is 0 Å². The highest BCUT2D eigenvalue weighted by Crippen LogP contribution is 2.35. The van der Waals surface area contributed by atoms with E-state index in [0.29, 0.717) is 56.1 Å². The summed E-state index contributed by atoms with van der Waals surface area (Å²) in [7, 11) is 1.59. The number of methoxy groups -OCH3 is 1. The first-order valence-corrected chi connectivity index (χ1v) is 8.87. The summed E-state index contributed by atoms with van der Waals surface area (Å²) < 4.78 is 12.1. The van der Waals surface area contributed by atoms with Gasteiger partial charge in [-0.15, -0.1) is 5.10 Å². The monoisotopic (exact) mass is 432 g/mol. The maximum atomic E-state index is 6.34. The summed E-state index contributed by atoms with van der Waals surface area (Å²) in [5.74, 6) is 0.884. The molecule has 3 aromatic rings. The Labute approximate surface area is 169 Å². The minimum absolute atomic E-state index is 0.340. The van der Waals surface area contributed by atoms with Crippen molar-refractivity contribution in [1.29, 1.82) is 0 Å². The van der Waals surface area contributed by atoms with Crippen LogP contribution in [0.1, 0.15) is 0 Å². The highest BCUT2D eigenvalue weighted by Gasteiger charge is 2.17. The molecule has 0 unspecified atom stereocenters. The molecule has 0 bridgehead atoms. The number of aromatic nitrogens is 4. The lowest BCUT2D eigenvalue weighted by molar-refractivity contribution is 0.146. The molecule has 0 saturated carbocycles. The number of rotatable bonds is 6. The summed E-state index contributed by atoms with van der Waals surface area (Å²) in [5.41, 5.74) is 1.19. The Bertz CT molecular complexity index is 933. The van der Waals surface area contributed by atoms with E-state index >= 15 is 0 Å². The lowest BCUT2D eigenvalue weighted by atomic mass is 10.2. The van der Waals surface area contributed by atoms with Crippen molar-refractivity contribution in [3.8, 4) is 22.8 Å². The standard InChI is InChI=1S/C16H12Cl4N4O2/c1-25-4-5-26-15-8-14(12(19)7-13(15)20)24-16(21-22-23-24)9-2-3-10(17)11(18)6-9/h2-3,6-8H,4-5H2,1H3. The van der Waals surface area contributed by atoms with Crippen molar-refractivity contribution in [2.75, 3.05) is 20.3 Å². The number of ether oxygens (including phenoxy) is 2. The molecular formula is C16H12Cl4N4O2. The van der Waals surface area contributed by atoms with Gasteiger partial charge in [-0.25, -0.2) is 0 Å². The normalized spacial score (nSPS) is 11.0. The van der Waals surface area contributed by atoms with Gasteiger partial charge in [0.15, 0.2) is 5.82 Å². The predicted octanol–water partition coefficient (Wildman–Crippen LogP) is 4.97. The van der Waals surface area contributed by atoms with E-state index in [-0.39, 0.29) is 0 Å². The minimum Gasteiger partial charge on any atom is -0.490 e. The van der Waals surface area contributed by atoms with E-state index in [1.165, 1.54) is 4.68 Å². The molecule has 0 N–H and O–H groups in total. The third-order valence-electron chi connectivity index (χ3n) is 3.42. The van der Waals surface area contributed by atoms with Gasteiger partial charge in [0.25, 0.3) is 0 Å². The maximum Gasteiger partial charge on any atom is 0.187 e. The summed E-state index contributed by atoms with van der Waals surface area (Å²) >= 11 is 24.6. The van der Waals surface area contributed by atoms with Crippen molar-refractivity contribution in [2.24, 2.45) is 0 Å². The van der Waals surface area contributed by atoms with Crippen LogP contribution >= 0.6 is 46.4 Å². The third-order valence-corrected chi connectivity index (χ3v) is 4.76. The maximum absolute atomic E-state index is 6.34. The first-order chi connectivity index (χ1) is 12.5. The number of benzene rings is 2. The number of halogens is 4. The zero-order valence-corrected chi connectivity index (χ0v) is 16.4. The average Bonchev–Trinajstić information content (AvgIpc) is 3.09. The minimum atomic E-state index is 0.340. The molecule has 0 spiro atoms. The van der Waals surface area contributed by atoms with Crippen LogP contribution in [0.15, 0.2) is 30.3 Å². The molecule has 0 saturated heterocycles. The van der Waals surface area contributed by atoms with Crippen LogP contribution in [-0.2, 0) is 4.74 Å². The Morgan fingerprint density at radius 3 is 2.46 bits per heavy atom. The molecule has 26 heavy (non-hydrogen) atoms. The van der Waals surface area contributed by atoms with Crippen molar-refractivity contribution in [2.45, 2.75) is 0 Å². The third kappa shape index (κ3) is 4.05. The second-order valence-electron chi connectivity index (χ2n) is 5.12. The summed E-state index contributed by atoms with van der Waals surface area (Å²) in [6.45, 7) is 0.764. The Morgan fingerprint density at radius 1 is 0.923 bits per heavy atom. The molecule has 0 fully saturated rings. The summed E-state index contributed by atoms with van der Waals surface area (Å²) in [6, 6.07) is 8.34. The first-order valence-electron chi connectivity index (χ1n) is 7.36. The second-order valence-corrected chi connectivity index (χ2v) is 6.75. The Morgan fingerprint density at radius 2 is 1.73 bits per heavy atom. The zero-order valence-electron chi connectivity index (χ0n) is 13.4. The summed E-state index contributed by atoms with van der Waals surface area (Å²) in [6.07, 6.45) is 0. The molecule has 0 amide bonds. The zero-order chi connectivity index (χ0) is 18.7. The van der Waals surface area contributed by atoms with Gasteiger partial charge < -0.3 is 9.47 Å². The number of tetrazole rings is 1. The summed E-state index contributed by atoms with van der Waals surface area (Å²) in [4.78, 5) is 0. The molecule has 6 nitrogen and oxygen atoms in total. The first kappa shape index (κ1) is 19.2. The van der Waals surface area contributed by atoms with Crippen molar-refractivity contribution in [3.05, 3.63) is 50.4 Å². The van der Waals surface area contributed by atoms with Gasteiger partial charge in [0.1, 0.15) is 12.4 Å². The quantitative estimate of drug-likeness (QED) is 0.513. The van der Waals surface area contributed by atoms with Crippen LogP contribution in [0.5, 0.6) is 5.75 Å². The SMILES string of the molecule is COCCOc1cc(-n2nnnc2-c2ccc(Cl)c(Cl)c2)c(Cl)cc1Cl. The fourth-order valence-electron chi connectivity index (χ4n) is 2.19. The molecular weight excluding hydrogens is 422 g/mol. The molecule has 3 rings (SSSR count). The van der Waals surface area contributed by atoms with Crippen LogP contribution < -0.4 is 4.74 Å². The van der Waals surface area contributed by atoms with E-state index in [4.69, 9.17) is 55.9 Å². The predicted molar refractivity (Wildman–Crippen MR) is 102 cm³/mol. The lowest BCUT2D eigenvalue weighted by Gasteiger charge is -2.12. The van der Waals surface area contributed by atoms with Gasteiger partial charge >= 0.3 is 0 Å². The van der Waals surface area contributed by atoms with Crippen molar-refractivity contribution < 1.29 is 9.47 Å². The molecule has 1 heterocycles. The van der Waals surface area contributed by atoms with Gasteiger partial charge in [-0.3, -0.25) is 0 Å². The summed E-state index contributed by atoms with van der Waals surface area (Å²) in [5, 5.41) is 13.4. The fourth-order valence-corrected chi connectivity index (χ4v) is 3.01. The molecule has 1 aromatic heterocycles. The van der Waals surface area contributed by atoms with Crippen LogP contribution in [0.25, 0.3) is 17.1 Å². The topological polar surface area (TPSA) is 62.1 Å². The number of hydrogen-bond donors (Lipinski definition) is 0.